The molecule has 0 radical (unpaired) electrons. The molecule has 0 aliphatic heterocycles. The summed E-state index contributed by atoms with van der Waals surface area (Å²) in [6.45, 7) is 6.17. The van der Waals surface area contributed by atoms with E-state index in [1.54, 1.807) is 11.3 Å². The van der Waals surface area contributed by atoms with Gasteiger partial charge in [-0.05, 0) is 19.8 Å². The van der Waals surface area contributed by atoms with Crippen LogP contribution < -0.4 is 5.32 Å². The zero-order valence-corrected chi connectivity index (χ0v) is 13.3. The molecule has 1 unspecified atom stereocenters. The van der Waals surface area contributed by atoms with E-state index in [-0.39, 0.29) is 18.4 Å². The Labute approximate surface area is 124 Å². The van der Waals surface area contributed by atoms with Crippen LogP contribution in [0.4, 0.5) is 0 Å². The van der Waals surface area contributed by atoms with Crippen LogP contribution in [0, 0.1) is 0 Å². The summed E-state index contributed by atoms with van der Waals surface area (Å²) in [6, 6.07) is -0.101. The number of hydrogen-bond donors (Lipinski definition) is 2. The number of aliphatic hydroxyl groups is 1. The van der Waals surface area contributed by atoms with Crippen LogP contribution >= 0.6 is 11.3 Å². The Balaban J connectivity index is 1.89. The monoisotopic (exact) mass is 296 g/mol. The molecule has 1 atom stereocenters. The van der Waals surface area contributed by atoms with Crippen LogP contribution in [0.25, 0.3) is 0 Å². The molecular formula is C15H24N2O2S. The van der Waals surface area contributed by atoms with Gasteiger partial charge in [0.25, 0.3) is 0 Å². The Kier molecular flexibility index (Phi) is 4.81. The Morgan fingerprint density at radius 3 is 2.65 bits per heavy atom. The first-order valence-corrected chi connectivity index (χ1v) is 8.25. The third kappa shape index (κ3) is 3.79. The summed E-state index contributed by atoms with van der Waals surface area (Å²) in [5.41, 5.74) is 0.125. The second-order valence-electron chi connectivity index (χ2n) is 6.16. The third-order valence-electron chi connectivity index (χ3n) is 3.88. The van der Waals surface area contributed by atoms with Crippen LogP contribution in [0.3, 0.4) is 0 Å². The zero-order valence-electron chi connectivity index (χ0n) is 12.5. The van der Waals surface area contributed by atoms with Crippen molar-refractivity contribution in [2.45, 2.75) is 70.4 Å². The van der Waals surface area contributed by atoms with Crippen molar-refractivity contribution in [3.63, 3.8) is 0 Å². The van der Waals surface area contributed by atoms with Crippen LogP contribution in [0.15, 0.2) is 5.38 Å². The molecule has 1 aromatic rings. The van der Waals surface area contributed by atoms with E-state index < -0.39 is 5.60 Å². The summed E-state index contributed by atoms with van der Waals surface area (Å²) in [5.74, 6) is 0.330. The highest BCUT2D eigenvalue weighted by Crippen LogP contribution is 2.32. The first-order chi connectivity index (χ1) is 9.39. The summed E-state index contributed by atoms with van der Waals surface area (Å²) in [5, 5.41) is 16.3. The van der Waals surface area contributed by atoms with Crippen LogP contribution in [0.2, 0.25) is 0 Å². The predicted octanol–water partition coefficient (Wildman–Crippen LogP) is 3.14. The molecule has 0 bridgehead atoms. The maximum atomic E-state index is 12.0. The van der Waals surface area contributed by atoms with Gasteiger partial charge in [-0.15, -0.1) is 11.3 Å². The molecular weight excluding hydrogens is 272 g/mol. The van der Waals surface area contributed by atoms with Gasteiger partial charge in [0.15, 0.2) is 0 Å². The molecule has 1 aromatic heterocycles. The Bertz CT molecular complexity index is 464. The number of carbonyl (C=O) groups excluding carboxylic acids is 1. The van der Waals surface area contributed by atoms with Crippen molar-refractivity contribution in [3.8, 4) is 0 Å². The smallest absolute Gasteiger partial charge is 0.223 e. The summed E-state index contributed by atoms with van der Waals surface area (Å²) >= 11 is 1.63. The van der Waals surface area contributed by atoms with Crippen molar-refractivity contribution in [1.29, 1.82) is 0 Å². The molecule has 0 spiro atoms. The molecule has 20 heavy (non-hydrogen) atoms. The van der Waals surface area contributed by atoms with Gasteiger partial charge in [0, 0.05) is 11.3 Å². The van der Waals surface area contributed by atoms with Crippen molar-refractivity contribution < 1.29 is 9.90 Å². The predicted molar refractivity (Wildman–Crippen MR) is 80.8 cm³/mol. The summed E-state index contributed by atoms with van der Waals surface area (Å²) in [4.78, 5) is 16.6. The van der Waals surface area contributed by atoms with Crippen LogP contribution in [0.1, 0.15) is 75.5 Å². The van der Waals surface area contributed by atoms with Gasteiger partial charge in [0.2, 0.25) is 5.91 Å². The average Bonchev–Trinajstić information content (AvgIpc) is 2.97. The fraction of sp³-hybridized carbons (Fsp3) is 0.733. The fourth-order valence-electron chi connectivity index (χ4n) is 2.64. The lowest BCUT2D eigenvalue weighted by molar-refractivity contribution is -0.126. The number of nitrogens with zero attached hydrogens (tertiary/aromatic N) is 1. The normalized spacial score (nSPS) is 19.2. The summed E-state index contributed by atoms with van der Waals surface area (Å²) in [7, 11) is 0. The Morgan fingerprint density at radius 2 is 2.10 bits per heavy atom. The summed E-state index contributed by atoms with van der Waals surface area (Å²) < 4.78 is 0. The number of amides is 1. The first kappa shape index (κ1) is 15.4. The standard InChI is InChI=1S/C15H24N2O2S/c1-10(2)14-17-12(9-20-14)11(3)16-13(18)8-15(19)6-4-5-7-15/h9-11,19H,4-8H2,1-3H3,(H,16,18). The van der Waals surface area contributed by atoms with Crippen molar-refractivity contribution in [2.24, 2.45) is 0 Å². The quantitative estimate of drug-likeness (QED) is 0.877. The average molecular weight is 296 g/mol. The van der Waals surface area contributed by atoms with Crippen molar-refractivity contribution in [1.82, 2.24) is 10.3 Å². The minimum Gasteiger partial charge on any atom is -0.389 e. The van der Waals surface area contributed by atoms with E-state index in [4.69, 9.17) is 0 Å². The molecule has 0 saturated heterocycles. The van der Waals surface area contributed by atoms with Crippen molar-refractivity contribution >= 4 is 17.2 Å². The molecule has 1 fully saturated rings. The zero-order chi connectivity index (χ0) is 14.8. The molecule has 2 N–H and O–H groups in total. The molecule has 1 heterocycles. The number of carbonyl (C=O) groups is 1. The lowest BCUT2D eigenvalue weighted by Crippen LogP contribution is -2.35. The SMILES string of the molecule is CC(C)c1nc(C(C)NC(=O)CC2(O)CCCC2)cs1. The van der Waals surface area contributed by atoms with Crippen molar-refractivity contribution in [2.75, 3.05) is 0 Å². The first-order valence-electron chi connectivity index (χ1n) is 7.37. The molecule has 1 amide bonds. The van der Waals surface area contributed by atoms with Gasteiger partial charge in [-0.1, -0.05) is 26.7 Å². The number of nitrogens with one attached hydrogen (secondary N) is 1. The highest BCUT2D eigenvalue weighted by Gasteiger charge is 2.33. The van der Waals surface area contributed by atoms with Crippen molar-refractivity contribution in [3.05, 3.63) is 16.1 Å². The molecule has 1 saturated carbocycles. The number of hydrogen-bond acceptors (Lipinski definition) is 4. The highest BCUT2D eigenvalue weighted by molar-refractivity contribution is 7.09. The van der Waals surface area contributed by atoms with E-state index >= 15 is 0 Å². The van der Waals surface area contributed by atoms with Gasteiger partial charge in [-0.3, -0.25) is 4.79 Å². The second kappa shape index (κ2) is 6.22. The van der Waals surface area contributed by atoms with Gasteiger partial charge in [0.05, 0.1) is 28.8 Å². The number of rotatable bonds is 5. The van der Waals surface area contributed by atoms with Crippen LogP contribution in [-0.2, 0) is 4.79 Å². The second-order valence-corrected chi connectivity index (χ2v) is 7.05. The highest BCUT2D eigenvalue weighted by atomic mass is 32.1. The lowest BCUT2D eigenvalue weighted by atomic mass is 9.97. The maximum absolute atomic E-state index is 12.0. The Morgan fingerprint density at radius 1 is 1.45 bits per heavy atom. The molecule has 112 valence electrons. The van der Waals surface area contributed by atoms with E-state index in [1.807, 2.05) is 12.3 Å². The van der Waals surface area contributed by atoms with Gasteiger partial charge < -0.3 is 10.4 Å². The topological polar surface area (TPSA) is 62.2 Å². The molecule has 1 aliphatic carbocycles. The van der Waals surface area contributed by atoms with E-state index in [0.717, 1.165) is 36.4 Å². The van der Waals surface area contributed by atoms with E-state index in [0.29, 0.717) is 5.92 Å². The number of thiazole rings is 1. The maximum Gasteiger partial charge on any atom is 0.223 e. The Hall–Kier alpha value is -0.940. The van der Waals surface area contributed by atoms with E-state index in [9.17, 15) is 9.90 Å². The van der Waals surface area contributed by atoms with Gasteiger partial charge >= 0.3 is 0 Å². The minimum atomic E-state index is -0.783. The number of aromatic nitrogens is 1. The molecule has 1 aliphatic rings. The van der Waals surface area contributed by atoms with Crippen LogP contribution in [0.5, 0.6) is 0 Å². The lowest BCUT2D eigenvalue weighted by Gasteiger charge is -2.22. The molecule has 2 rings (SSSR count). The van der Waals surface area contributed by atoms with Gasteiger partial charge in [0.1, 0.15) is 0 Å². The molecule has 4 nitrogen and oxygen atoms in total. The largest absolute Gasteiger partial charge is 0.389 e. The fourth-order valence-corrected chi connectivity index (χ4v) is 3.57. The van der Waals surface area contributed by atoms with Gasteiger partial charge in [-0.25, -0.2) is 4.98 Å². The third-order valence-corrected chi connectivity index (χ3v) is 5.04. The molecule has 5 heteroatoms. The molecule has 0 aromatic carbocycles. The minimum absolute atomic E-state index is 0.0824. The van der Waals surface area contributed by atoms with E-state index in [1.165, 1.54) is 0 Å². The summed E-state index contributed by atoms with van der Waals surface area (Å²) in [6.07, 6.45) is 3.72. The van der Waals surface area contributed by atoms with E-state index in [2.05, 4.69) is 24.1 Å². The van der Waals surface area contributed by atoms with Crippen LogP contribution in [-0.4, -0.2) is 21.6 Å². The van der Waals surface area contributed by atoms with Gasteiger partial charge in [-0.2, -0.15) is 0 Å².